The maximum absolute atomic E-state index is 5.54. The third kappa shape index (κ3) is 3.83. The molecule has 0 spiro atoms. The van der Waals surface area contributed by atoms with Gasteiger partial charge in [0, 0.05) is 19.5 Å². The molecule has 0 amide bonds. The topological polar surface area (TPSA) is 53.7 Å². The summed E-state index contributed by atoms with van der Waals surface area (Å²) < 4.78 is 0. The van der Waals surface area contributed by atoms with E-state index in [4.69, 9.17) is 5.84 Å². The number of nitrogens with two attached hydrogens (primary N) is 1. The Bertz CT molecular complexity index is 118. The van der Waals surface area contributed by atoms with E-state index in [1.54, 1.807) is 7.05 Å². The Hall–Kier alpha value is -0.770. The highest BCUT2D eigenvalue weighted by molar-refractivity contribution is 5.83. The Morgan fingerprint density at radius 2 is 2.18 bits per heavy atom. The zero-order chi connectivity index (χ0) is 8.85. The van der Waals surface area contributed by atoms with Gasteiger partial charge in [-0.2, -0.15) is 5.10 Å². The molecule has 0 aliphatic rings. The number of nitrogens with one attached hydrogen (secondary N) is 1. The minimum atomic E-state index is 0.351. The number of rotatable bonds is 3. The molecule has 0 rings (SSSR count). The summed E-state index contributed by atoms with van der Waals surface area (Å²) in [5.41, 5.74) is 2.88. The summed E-state index contributed by atoms with van der Waals surface area (Å²) in [4.78, 5) is 0. The molecular formula is C7H18N4. The van der Waals surface area contributed by atoms with E-state index in [2.05, 4.69) is 24.4 Å². The quantitative estimate of drug-likeness (QED) is 0.270. The Kier molecular flexibility index (Phi) is 4.61. The molecule has 11 heavy (non-hydrogen) atoms. The van der Waals surface area contributed by atoms with Gasteiger partial charge < -0.3 is 5.43 Å². The van der Waals surface area contributed by atoms with E-state index < -0.39 is 0 Å². The van der Waals surface area contributed by atoms with Crippen molar-refractivity contribution in [1.82, 2.24) is 10.4 Å². The Balaban J connectivity index is 4.09. The zero-order valence-electron chi connectivity index (χ0n) is 7.76. The zero-order valence-corrected chi connectivity index (χ0v) is 7.76. The molecule has 0 aromatic heterocycles. The lowest BCUT2D eigenvalue weighted by atomic mass is 10.2. The molecule has 4 nitrogen and oxygen atoms in total. The van der Waals surface area contributed by atoms with Gasteiger partial charge in [0.1, 0.15) is 5.84 Å². The van der Waals surface area contributed by atoms with Gasteiger partial charge in [-0.15, -0.1) is 0 Å². The predicted molar refractivity (Wildman–Crippen MR) is 47.9 cm³/mol. The predicted octanol–water partition coefficient (Wildman–Crippen LogP) is 0.371. The van der Waals surface area contributed by atoms with E-state index in [9.17, 15) is 0 Å². The second-order valence-corrected chi connectivity index (χ2v) is 2.75. The van der Waals surface area contributed by atoms with E-state index in [0.29, 0.717) is 5.92 Å². The van der Waals surface area contributed by atoms with Gasteiger partial charge in [0.05, 0.1) is 0 Å². The summed E-state index contributed by atoms with van der Waals surface area (Å²) in [6, 6.07) is 0. The van der Waals surface area contributed by atoms with Gasteiger partial charge in [-0.05, 0) is 6.92 Å². The second-order valence-electron chi connectivity index (χ2n) is 2.75. The molecule has 0 saturated carbocycles. The van der Waals surface area contributed by atoms with Crippen LogP contribution in [-0.2, 0) is 0 Å². The lowest BCUT2D eigenvalue weighted by Gasteiger charge is -2.17. The number of amidine groups is 1. The number of nitrogens with zero attached hydrogens (tertiary/aromatic N) is 2. The average Bonchev–Trinajstić information content (AvgIpc) is 1.87. The first-order valence-corrected chi connectivity index (χ1v) is 3.88. The average molecular weight is 158 g/mol. The lowest BCUT2D eigenvalue weighted by Crippen LogP contribution is -2.37. The number of hydrazine groups is 1. The maximum Gasteiger partial charge on any atom is 0.141 e. The van der Waals surface area contributed by atoms with Gasteiger partial charge in [-0.25, -0.2) is 5.84 Å². The normalized spacial score (nSPS) is 12.0. The lowest BCUT2D eigenvalue weighted by molar-refractivity contribution is 0.495. The van der Waals surface area contributed by atoms with Crippen molar-refractivity contribution in [2.24, 2.45) is 16.9 Å². The molecule has 3 N–H and O–H groups in total. The molecular weight excluding hydrogens is 140 g/mol. The highest BCUT2D eigenvalue weighted by atomic mass is 15.5. The van der Waals surface area contributed by atoms with Crippen molar-refractivity contribution in [3.8, 4) is 0 Å². The van der Waals surface area contributed by atoms with Gasteiger partial charge in [-0.1, -0.05) is 13.8 Å². The largest absolute Gasteiger partial charge is 0.309 e. The van der Waals surface area contributed by atoms with Crippen LogP contribution in [0.4, 0.5) is 0 Å². The number of hydrogen-bond donors (Lipinski definition) is 2. The fraction of sp³-hybridized carbons (Fsp3) is 0.857. The smallest absolute Gasteiger partial charge is 0.141 e. The Labute approximate surface area is 68.4 Å². The van der Waals surface area contributed by atoms with E-state index >= 15 is 0 Å². The fourth-order valence-electron chi connectivity index (χ4n) is 0.775. The van der Waals surface area contributed by atoms with Gasteiger partial charge in [-0.3, -0.25) is 5.01 Å². The molecule has 0 aliphatic carbocycles. The van der Waals surface area contributed by atoms with Crippen LogP contribution in [0.15, 0.2) is 5.10 Å². The second kappa shape index (κ2) is 4.96. The molecule has 0 heterocycles. The van der Waals surface area contributed by atoms with Gasteiger partial charge in [0.25, 0.3) is 0 Å². The molecule has 0 fully saturated rings. The third-order valence-electron chi connectivity index (χ3n) is 1.23. The van der Waals surface area contributed by atoms with Crippen LogP contribution in [0.1, 0.15) is 20.8 Å². The highest BCUT2D eigenvalue weighted by Crippen LogP contribution is 1.96. The molecule has 0 aromatic carbocycles. The van der Waals surface area contributed by atoms with Crippen LogP contribution in [0.2, 0.25) is 0 Å². The molecule has 0 radical (unpaired) electrons. The first kappa shape index (κ1) is 10.2. The van der Waals surface area contributed by atoms with Crippen LogP contribution in [0.5, 0.6) is 0 Å². The first-order chi connectivity index (χ1) is 5.09. The third-order valence-corrected chi connectivity index (χ3v) is 1.23. The summed E-state index contributed by atoms with van der Waals surface area (Å²) >= 11 is 0. The van der Waals surface area contributed by atoms with Crippen molar-refractivity contribution in [3.05, 3.63) is 0 Å². The summed E-state index contributed by atoms with van der Waals surface area (Å²) in [6.45, 7) is 6.93. The highest BCUT2D eigenvalue weighted by Gasteiger charge is 2.06. The van der Waals surface area contributed by atoms with Gasteiger partial charge in [0.2, 0.25) is 0 Å². The fourth-order valence-corrected chi connectivity index (χ4v) is 0.775. The number of hydrogen-bond acceptors (Lipinski definition) is 3. The summed E-state index contributed by atoms with van der Waals surface area (Å²) in [5.74, 6) is 6.76. The number of hydrazone groups is 1. The molecule has 4 heteroatoms. The van der Waals surface area contributed by atoms with Crippen LogP contribution in [0.3, 0.4) is 0 Å². The summed E-state index contributed by atoms with van der Waals surface area (Å²) in [6.07, 6.45) is 0. The standard InChI is InChI=1S/C7H18N4/c1-5-9-10-7(6(2)3)11(4)8/h6,9H,5,8H2,1-4H3/b10-7-. The van der Waals surface area contributed by atoms with Crippen molar-refractivity contribution in [3.63, 3.8) is 0 Å². The molecule has 0 atom stereocenters. The van der Waals surface area contributed by atoms with E-state index in [0.717, 1.165) is 12.4 Å². The molecule has 0 bridgehead atoms. The van der Waals surface area contributed by atoms with Crippen molar-refractivity contribution in [1.29, 1.82) is 0 Å². The summed E-state index contributed by atoms with van der Waals surface area (Å²) in [5, 5.41) is 5.64. The van der Waals surface area contributed by atoms with Crippen LogP contribution >= 0.6 is 0 Å². The molecule has 0 saturated heterocycles. The van der Waals surface area contributed by atoms with Crippen molar-refractivity contribution in [2.75, 3.05) is 13.6 Å². The first-order valence-electron chi connectivity index (χ1n) is 3.88. The molecule has 66 valence electrons. The van der Waals surface area contributed by atoms with Crippen molar-refractivity contribution >= 4 is 5.84 Å². The minimum Gasteiger partial charge on any atom is -0.309 e. The van der Waals surface area contributed by atoms with Crippen LogP contribution in [-0.4, -0.2) is 24.4 Å². The van der Waals surface area contributed by atoms with Gasteiger partial charge in [0.15, 0.2) is 0 Å². The van der Waals surface area contributed by atoms with E-state index in [1.807, 2.05) is 6.92 Å². The van der Waals surface area contributed by atoms with E-state index in [-0.39, 0.29) is 0 Å². The van der Waals surface area contributed by atoms with Gasteiger partial charge >= 0.3 is 0 Å². The molecule has 0 unspecified atom stereocenters. The molecule has 0 aliphatic heterocycles. The van der Waals surface area contributed by atoms with Crippen molar-refractivity contribution < 1.29 is 0 Å². The van der Waals surface area contributed by atoms with Crippen LogP contribution in [0.25, 0.3) is 0 Å². The summed E-state index contributed by atoms with van der Waals surface area (Å²) in [7, 11) is 1.79. The van der Waals surface area contributed by atoms with Crippen molar-refractivity contribution in [2.45, 2.75) is 20.8 Å². The maximum atomic E-state index is 5.54. The Morgan fingerprint density at radius 3 is 2.45 bits per heavy atom. The van der Waals surface area contributed by atoms with Crippen LogP contribution in [0, 0.1) is 5.92 Å². The monoisotopic (exact) mass is 158 g/mol. The molecule has 0 aromatic rings. The van der Waals surface area contributed by atoms with E-state index in [1.165, 1.54) is 5.01 Å². The Morgan fingerprint density at radius 1 is 1.64 bits per heavy atom. The van der Waals surface area contributed by atoms with Crippen LogP contribution < -0.4 is 11.3 Å². The SMILES string of the molecule is CCN/N=C(/C(C)C)N(C)N. The minimum absolute atomic E-state index is 0.351.